The van der Waals surface area contributed by atoms with E-state index in [9.17, 15) is 4.79 Å². The molecule has 1 aliphatic carbocycles. The van der Waals surface area contributed by atoms with Crippen molar-refractivity contribution in [1.82, 2.24) is 15.3 Å². The highest BCUT2D eigenvalue weighted by molar-refractivity contribution is 5.92. The SMILES string of the molecule is COc1ccc(Nc2cnc(C(=O)NC3CCCC3)cn2)cc1. The first-order valence-electron chi connectivity index (χ1n) is 7.78. The topological polar surface area (TPSA) is 76.1 Å². The van der Waals surface area contributed by atoms with E-state index in [1.165, 1.54) is 19.0 Å². The van der Waals surface area contributed by atoms with E-state index in [2.05, 4.69) is 20.6 Å². The molecule has 0 unspecified atom stereocenters. The van der Waals surface area contributed by atoms with E-state index in [-0.39, 0.29) is 11.9 Å². The van der Waals surface area contributed by atoms with Crippen molar-refractivity contribution in [2.45, 2.75) is 31.7 Å². The highest BCUT2D eigenvalue weighted by atomic mass is 16.5. The van der Waals surface area contributed by atoms with Crippen molar-refractivity contribution >= 4 is 17.4 Å². The number of hydrogen-bond donors (Lipinski definition) is 2. The van der Waals surface area contributed by atoms with Gasteiger partial charge in [-0.15, -0.1) is 0 Å². The Morgan fingerprint density at radius 2 is 1.87 bits per heavy atom. The first-order valence-corrected chi connectivity index (χ1v) is 7.78. The Balaban J connectivity index is 1.60. The maximum Gasteiger partial charge on any atom is 0.271 e. The van der Waals surface area contributed by atoms with Crippen molar-refractivity contribution in [2.24, 2.45) is 0 Å². The standard InChI is InChI=1S/C17H20N4O2/c1-23-14-8-6-13(7-9-14)20-16-11-18-15(10-19-16)17(22)21-12-4-2-3-5-12/h6-12H,2-5H2,1H3,(H,19,20)(H,21,22). The van der Waals surface area contributed by atoms with Crippen LogP contribution in [-0.4, -0.2) is 29.0 Å². The first-order chi connectivity index (χ1) is 11.2. The van der Waals surface area contributed by atoms with E-state index < -0.39 is 0 Å². The lowest BCUT2D eigenvalue weighted by Gasteiger charge is -2.11. The van der Waals surface area contributed by atoms with Crippen LogP contribution in [0.5, 0.6) is 5.75 Å². The number of carbonyl (C=O) groups is 1. The molecule has 1 aromatic carbocycles. The average molecular weight is 312 g/mol. The lowest BCUT2D eigenvalue weighted by Crippen LogP contribution is -2.33. The Morgan fingerprint density at radius 3 is 2.48 bits per heavy atom. The number of benzene rings is 1. The summed E-state index contributed by atoms with van der Waals surface area (Å²) in [4.78, 5) is 20.5. The maximum absolute atomic E-state index is 12.1. The van der Waals surface area contributed by atoms with E-state index in [0.717, 1.165) is 24.3 Å². The zero-order chi connectivity index (χ0) is 16.1. The molecule has 23 heavy (non-hydrogen) atoms. The molecule has 0 atom stereocenters. The number of hydrogen-bond acceptors (Lipinski definition) is 5. The summed E-state index contributed by atoms with van der Waals surface area (Å²) in [6.07, 6.45) is 7.53. The number of anilines is 2. The van der Waals surface area contributed by atoms with E-state index in [1.807, 2.05) is 24.3 Å². The zero-order valence-corrected chi connectivity index (χ0v) is 13.1. The summed E-state index contributed by atoms with van der Waals surface area (Å²) in [6, 6.07) is 7.78. The zero-order valence-electron chi connectivity index (χ0n) is 13.1. The lowest BCUT2D eigenvalue weighted by molar-refractivity contribution is 0.0932. The number of amides is 1. The van der Waals surface area contributed by atoms with Crippen LogP contribution in [0.25, 0.3) is 0 Å². The quantitative estimate of drug-likeness (QED) is 0.888. The van der Waals surface area contributed by atoms with Gasteiger partial charge in [-0.2, -0.15) is 0 Å². The first kappa shape index (κ1) is 15.3. The minimum atomic E-state index is -0.152. The predicted octanol–water partition coefficient (Wildman–Crippen LogP) is 2.90. The Bertz CT molecular complexity index is 649. The third-order valence-corrected chi connectivity index (χ3v) is 3.94. The number of aromatic nitrogens is 2. The summed E-state index contributed by atoms with van der Waals surface area (Å²) in [5.41, 5.74) is 1.22. The van der Waals surface area contributed by atoms with Crippen molar-refractivity contribution in [3.8, 4) is 5.75 Å². The number of nitrogens with one attached hydrogen (secondary N) is 2. The maximum atomic E-state index is 12.1. The molecule has 1 amide bonds. The molecule has 0 aliphatic heterocycles. The minimum absolute atomic E-state index is 0.152. The van der Waals surface area contributed by atoms with Crippen LogP contribution in [0, 0.1) is 0 Å². The number of carbonyl (C=O) groups excluding carboxylic acids is 1. The highest BCUT2D eigenvalue weighted by Crippen LogP contribution is 2.19. The van der Waals surface area contributed by atoms with Gasteiger partial charge in [-0.25, -0.2) is 9.97 Å². The van der Waals surface area contributed by atoms with Gasteiger partial charge >= 0.3 is 0 Å². The summed E-state index contributed by atoms with van der Waals surface area (Å²) >= 11 is 0. The van der Waals surface area contributed by atoms with E-state index in [0.29, 0.717) is 11.5 Å². The molecule has 1 fully saturated rings. The number of methoxy groups -OCH3 is 1. The number of rotatable bonds is 5. The van der Waals surface area contributed by atoms with Crippen LogP contribution in [0.4, 0.5) is 11.5 Å². The predicted molar refractivity (Wildman–Crippen MR) is 88.0 cm³/mol. The van der Waals surface area contributed by atoms with E-state index >= 15 is 0 Å². The third kappa shape index (κ3) is 3.97. The number of nitrogens with zero attached hydrogens (tertiary/aromatic N) is 2. The molecule has 2 N–H and O–H groups in total. The Labute approximate surface area is 135 Å². The molecule has 6 nitrogen and oxygen atoms in total. The molecule has 1 aliphatic rings. The second-order valence-corrected chi connectivity index (χ2v) is 5.60. The molecular weight excluding hydrogens is 292 g/mol. The van der Waals surface area contributed by atoms with Gasteiger partial charge in [0, 0.05) is 11.7 Å². The van der Waals surface area contributed by atoms with Gasteiger partial charge in [-0.05, 0) is 37.1 Å². The molecule has 1 saturated carbocycles. The van der Waals surface area contributed by atoms with Crippen LogP contribution in [0.2, 0.25) is 0 Å². The summed E-state index contributed by atoms with van der Waals surface area (Å²) in [5, 5.41) is 6.13. The van der Waals surface area contributed by atoms with Crippen LogP contribution in [0.1, 0.15) is 36.2 Å². The van der Waals surface area contributed by atoms with Gasteiger partial charge in [0.1, 0.15) is 17.3 Å². The van der Waals surface area contributed by atoms with Crippen molar-refractivity contribution in [3.63, 3.8) is 0 Å². The van der Waals surface area contributed by atoms with Gasteiger partial charge in [0.2, 0.25) is 0 Å². The Hall–Kier alpha value is -2.63. The van der Waals surface area contributed by atoms with Crippen LogP contribution in [0.15, 0.2) is 36.7 Å². The second kappa shape index (κ2) is 7.09. The van der Waals surface area contributed by atoms with Gasteiger partial charge in [-0.3, -0.25) is 4.79 Å². The molecular formula is C17H20N4O2. The van der Waals surface area contributed by atoms with Crippen LogP contribution in [0.3, 0.4) is 0 Å². The molecule has 120 valence electrons. The molecule has 3 rings (SSSR count). The van der Waals surface area contributed by atoms with Crippen molar-refractivity contribution < 1.29 is 9.53 Å². The van der Waals surface area contributed by atoms with Gasteiger partial charge in [-0.1, -0.05) is 12.8 Å². The fourth-order valence-corrected chi connectivity index (χ4v) is 2.66. The van der Waals surface area contributed by atoms with Gasteiger partial charge in [0.25, 0.3) is 5.91 Å². The molecule has 0 bridgehead atoms. The smallest absolute Gasteiger partial charge is 0.271 e. The van der Waals surface area contributed by atoms with Gasteiger partial charge in [0.15, 0.2) is 0 Å². The Morgan fingerprint density at radius 1 is 1.13 bits per heavy atom. The normalized spacial score (nSPS) is 14.5. The Kier molecular flexibility index (Phi) is 4.71. The molecule has 6 heteroatoms. The molecule has 0 spiro atoms. The summed E-state index contributed by atoms with van der Waals surface area (Å²) < 4.78 is 5.12. The molecule has 0 radical (unpaired) electrons. The van der Waals surface area contributed by atoms with Crippen molar-refractivity contribution in [3.05, 3.63) is 42.4 Å². The second-order valence-electron chi connectivity index (χ2n) is 5.60. The summed E-state index contributed by atoms with van der Waals surface area (Å²) in [5.74, 6) is 1.23. The van der Waals surface area contributed by atoms with Crippen molar-refractivity contribution in [1.29, 1.82) is 0 Å². The van der Waals surface area contributed by atoms with E-state index in [1.54, 1.807) is 13.3 Å². The van der Waals surface area contributed by atoms with Gasteiger partial charge < -0.3 is 15.4 Å². The number of ether oxygens (including phenoxy) is 1. The van der Waals surface area contributed by atoms with Crippen LogP contribution < -0.4 is 15.4 Å². The third-order valence-electron chi connectivity index (χ3n) is 3.94. The fourth-order valence-electron chi connectivity index (χ4n) is 2.66. The van der Waals surface area contributed by atoms with Crippen molar-refractivity contribution in [2.75, 3.05) is 12.4 Å². The molecule has 2 aromatic rings. The van der Waals surface area contributed by atoms with E-state index in [4.69, 9.17) is 4.74 Å². The lowest BCUT2D eigenvalue weighted by atomic mass is 10.2. The van der Waals surface area contributed by atoms with Gasteiger partial charge in [0.05, 0.1) is 19.5 Å². The molecule has 1 aromatic heterocycles. The minimum Gasteiger partial charge on any atom is -0.497 e. The average Bonchev–Trinajstić information content (AvgIpc) is 3.09. The highest BCUT2D eigenvalue weighted by Gasteiger charge is 2.18. The largest absolute Gasteiger partial charge is 0.497 e. The molecule has 1 heterocycles. The monoisotopic (exact) mass is 312 g/mol. The fraction of sp³-hybridized carbons (Fsp3) is 0.353. The molecule has 0 saturated heterocycles. The summed E-state index contributed by atoms with van der Waals surface area (Å²) in [7, 11) is 1.63. The summed E-state index contributed by atoms with van der Waals surface area (Å²) in [6.45, 7) is 0. The van der Waals surface area contributed by atoms with Crippen LogP contribution in [-0.2, 0) is 0 Å². The van der Waals surface area contributed by atoms with Crippen LogP contribution >= 0.6 is 0 Å².